The van der Waals surface area contributed by atoms with Gasteiger partial charge in [-0.15, -0.1) is 0 Å². The summed E-state index contributed by atoms with van der Waals surface area (Å²) in [6, 6.07) is 8.93. The molecule has 2 N–H and O–H groups in total. The molecule has 1 aromatic rings. The smallest absolute Gasteiger partial charge is 0.0578 e. The van der Waals surface area contributed by atoms with E-state index in [1.165, 1.54) is 17.8 Å². The maximum atomic E-state index is 3.64. The quantitative estimate of drug-likeness (QED) is 0.756. The van der Waals surface area contributed by atoms with Crippen molar-refractivity contribution in [3.63, 3.8) is 0 Å². The molecule has 0 aromatic heterocycles. The number of nitrogens with one attached hydrogen (secondary N) is 2. The molecule has 16 heavy (non-hydrogen) atoms. The van der Waals surface area contributed by atoms with Gasteiger partial charge in [-0.1, -0.05) is 31.2 Å². The summed E-state index contributed by atoms with van der Waals surface area (Å²) >= 11 is 0. The van der Waals surface area contributed by atoms with E-state index in [0.717, 1.165) is 6.42 Å². The Bertz CT molecular complexity index is 371. The van der Waals surface area contributed by atoms with Gasteiger partial charge in [-0.25, -0.2) is 0 Å². The van der Waals surface area contributed by atoms with Crippen LogP contribution in [0.15, 0.2) is 36.4 Å². The molecule has 2 rings (SSSR count). The van der Waals surface area contributed by atoms with Crippen molar-refractivity contribution in [1.29, 1.82) is 0 Å². The van der Waals surface area contributed by atoms with Crippen molar-refractivity contribution in [2.24, 2.45) is 5.92 Å². The van der Waals surface area contributed by atoms with Crippen LogP contribution in [0.4, 0.5) is 11.4 Å². The second-order valence-electron chi connectivity index (χ2n) is 4.47. The number of rotatable bonds is 3. The standard InChI is InChI=1S/C14H20N2/c1-11-7-3-4-8-12(11)16-14-10-6-5-9-13(14)15-2/h3-6,9-12,15-16H,7-8H2,1-2H3. The van der Waals surface area contributed by atoms with E-state index in [1.807, 2.05) is 7.05 Å². The van der Waals surface area contributed by atoms with E-state index in [9.17, 15) is 0 Å². The largest absolute Gasteiger partial charge is 0.386 e. The maximum absolute atomic E-state index is 3.64. The lowest BCUT2D eigenvalue weighted by Crippen LogP contribution is -2.28. The van der Waals surface area contributed by atoms with Crippen LogP contribution in [0.5, 0.6) is 0 Å². The predicted octanol–water partition coefficient (Wildman–Crippen LogP) is 3.49. The van der Waals surface area contributed by atoms with Crippen molar-refractivity contribution < 1.29 is 0 Å². The summed E-state index contributed by atoms with van der Waals surface area (Å²) in [6.45, 7) is 2.31. The molecule has 0 aliphatic heterocycles. The summed E-state index contributed by atoms with van der Waals surface area (Å²) in [5.41, 5.74) is 2.38. The number of benzene rings is 1. The molecule has 2 unspecified atom stereocenters. The highest BCUT2D eigenvalue weighted by Crippen LogP contribution is 2.26. The summed E-state index contributed by atoms with van der Waals surface area (Å²) in [7, 11) is 1.96. The van der Waals surface area contributed by atoms with Gasteiger partial charge in [0.25, 0.3) is 0 Å². The Balaban J connectivity index is 2.11. The van der Waals surface area contributed by atoms with Gasteiger partial charge in [0.2, 0.25) is 0 Å². The molecule has 86 valence electrons. The third-order valence-corrected chi connectivity index (χ3v) is 3.29. The van der Waals surface area contributed by atoms with Crippen molar-refractivity contribution >= 4 is 11.4 Å². The first-order valence-corrected chi connectivity index (χ1v) is 5.99. The molecular formula is C14H20N2. The minimum absolute atomic E-state index is 0.555. The van der Waals surface area contributed by atoms with Crippen LogP contribution in [-0.4, -0.2) is 13.1 Å². The zero-order valence-electron chi connectivity index (χ0n) is 10.0. The summed E-state index contributed by atoms with van der Waals surface area (Å²) < 4.78 is 0. The number of para-hydroxylation sites is 2. The summed E-state index contributed by atoms with van der Waals surface area (Å²) in [6.07, 6.45) is 6.87. The van der Waals surface area contributed by atoms with Crippen molar-refractivity contribution in [2.45, 2.75) is 25.8 Å². The molecule has 0 amide bonds. The Labute approximate surface area is 97.8 Å². The molecule has 0 heterocycles. The van der Waals surface area contributed by atoms with Crippen molar-refractivity contribution in [3.05, 3.63) is 36.4 Å². The number of hydrogen-bond acceptors (Lipinski definition) is 2. The monoisotopic (exact) mass is 216 g/mol. The van der Waals surface area contributed by atoms with Crippen molar-refractivity contribution in [1.82, 2.24) is 0 Å². The summed E-state index contributed by atoms with van der Waals surface area (Å²) in [4.78, 5) is 0. The molecule has 1 aromatic carbocycles. The van der Waals surface area contributed by atoms with Crippen molar-refractivity contribution in [2.75, 3.05) is 17.7 Å². The molecule has 0 fully saturated rings. The summed E-state index contributed by atoms with van der Waals surface area (Å²) in [5.74, 6) is 0.704. The number of anilines is 2. The van der Waals surface area contributed by atoms with E-state index in [-0.39, 0.29) is 0 Å². The van der Waals surface area contributed by atoms with Gasteiger partial charge in [-0.2, -0.15) is 0 Å². The van der Waals surface area contributed by atoms with Crippen LogP contribution in [0.25, 0.3) is 0 Å². The van der Waals surface area contributed by atoms with Gasteiger partial charge in [0.15, 0.2) is 0 Å². The number of hydrogen-bond donors (Lipinski definition) is 2. The normalized spacial score (nSPS) is 24.1. The van der Waals surface area contributed by atoms with Crippen LogP contribution in [-0.2, 0) is 0 Å². The molecule has 0 spiro atoms. The second-order valence-corrected chi connectivity index (χ2v) is 4.47. The number of allylic oxidation sites excluding steroid dienone is 1. The van der Waals surface area contributed by atoms with Gasteiger partial charge in [-0.3, -0.25) is 0 Å². The third kappa shape index (κ3) is 2.38. The van der Waals surface area contributed by atoms with E-state index < -0.39 is 0 Å². The molecule has 1 aliphatic rings. The van der Waals surface area contributed by atoms with Crippen molar-refractivity contribution in [3.8, 4) is 0 Å². The van der Waals surface area contributed by atoms with Crippen LogP contribution in [0.3, 0.4) is 0 Å². The molecule has 2 nitrogen and oxygen atoms in total. The summed E-state index contributed by atoms with van der Waals surface area (Å²) in [5, 5.41) is 6.86. The lowest BCUT2D eigenvalue weighted by molar-refractivity contribution is 0.473. The van der Waals surface area contributed by atoms with Gasteiger partial charge < -0.3 is 10.6 Å². The molecule has 0 saturated carbocycles. The Morgan fingerprint density at radius 1 is 1.06 bits per heavy atom. The molecule has 0 radical (unpaired) electrons. The molecule has 2 atom stereocenters. The minimum Gasteiger partial charge on any atom is -0.386 e. The van der Waals surface area contributed by atoms with Gasteiger partial charge in [0, 0.05) is 13.1 Å². The van der Waals surface area contributed by atoms with Gasteiger partial charge in [0.1, 0.15) is 0 Å². The zero-order valence-corrected chi connectivity index (χ0v) is 10.0. The van der Waals surface area contributed by atoms with Crippen LogP contribution < -0.4 is 10.6 Å². The fourth-order valence-electron chi connectivity index (χ4n) is 2.18. The zero-order chi connectivity index (χ0) is 11.4. The topological polar surface area (TPSA) is 24.1 Å². The Morgan fingerprint density at radius 3 is 2.44 bits per heavy atom. The lowest BCUT2D eigenvalue weighted by Gasteiger charge is -2.28. The van der Waals surface area contributed by atoms with E-state index in [2.05, 4.69) is 54.0 Å². The average molecular weight is 216 g/mol. The molecule has 0 saturated heterocycles. The lowest BCUT2D eigenvalue weighted by atomic mass is 9.90. The Kier molecular flexibility index (Phi) is 3.50. The molecule has 1 aliphatic carbocycles. The first kappa shape index (κ1) is 11.1. The van der Waals surface area contributed by atoms with E-state index >= 15 is 0 Å². The highest BCUT2D eigenvalue weighted by atomic mass is 15.0. The van der Waals surface area contributed by atoms with Gasteiger partial charge in [0.05, 0.1) is 11.4 Å². The average Bonchev–Trinajstić information content (AvgIpc) is 2.33. The Hall–Kier alpha value is -1.44. The van der Waals surface area contributed by atoms with Crippen LogP contribution >= 0.6 is 0 Å². The molecule has 0 bridgehead atoms. The van der Waals surface area contributed by atoms with Gasteiger partial charge >= 0.3 is 0 Å². The molecule has 2 heteroatoms. The first-order chi connectivity index (χ1) is 7.81. The maximum Gasteiger partial charge on any atom is 0.0578 e. The van der Waals surface area contributed by atoms with E-state index in [1.54, 1.807) is 0 Å². The highest BCUT2D eigenvalue weighted by molar-refractivity contribution is 5.68. The fraction of sp³-hybridized carbons (Fsp3) is 0.429. The second kappa shape index (κ2) is 5.06. The van der Waals surface area contributed by atoms with Crippen LogP contribution in [0.1, 0.15) is 19.8 Å². The minimum atomic E-state index is 0.555. The Morgan fingerprint density at radius 2 is 1.75 bits per heavy atom. The first-order valence-electron chi connectivity index (χ1n) is 5.99. The predicted molar refractivity (Wildman–Crippen MR) is 70.9 cm³/mol. The van der Waals surface area contributed by atoms with E-state index in [4.69, 9.17) is 0 Å². The van der Waals surface area contributed by atoms with Crippen LogP contribution in [0, 0.1) is 5.92 Å². The third-order valence-electron chi connectivity index (χ3n) is 3.29. The molecular weight excluding hydrogens is 196 g/mol. The highest BCUT2D eigenvalue weighted by Gasteiger charge is 2.18. The van der Waals surface area contributed by atoms with E-state index in [0.29, 0.717) is 12.0 Å². The van der Waals surface area contributed by atoms with Gasteiger partial charge in [-0.05, 0) is 30.9 Å². The van der Waals surface area contributed by atoms with Crippen LogP contribution in [0.2, 0.25) is 0 Å². The SMILES string of the molecule is CNc1ccccc1NC1CC=CCC1C. The fourth-order valence-corrected chi connectivity index (χ4v) is 2.18.